The summed E-state index contributed by atoms with van der Waals surface area (Å²) in [5.74, 6) is 0.0615. The van der Waals surface area contributed by atoms with Gasteiger partial charge in [-0.1, -0.05) is 18.2 Å². The van der Waals surface area contributed by atoms with Gasteiger partial charge >= 0.3 is 0 Å². The third kappa shape index (κ3) is 2.69. The van der Waals surface area contributed by atoms with E-state index in [0.29, 0.717) is 5.56 Å². The topological polar surface area (TPSA) is 84.2 Å². The number of nitrogens with zero attached hydrogens (tertiary/aromatic N) is 2. The van der Waals surface area contributed by atoms with Crippen molar-refractivity contribution in [3.05, 3.63) is 42.2 Å². The summed E-state index contributed by atoms with van der Waals surface area (Å²) in [5.41, 5.74) is 0.518. The molecule has 0 aliphatic rings. The average molecular weight is 267 g/mol. The third-order valence-corrected chi connectivity index (χ3v) is 3.79. The lowest BCUT2D eigenvalue weighted by Gasteiger charge is -2.06. The van der Waals surface area contributed by atoms with E-state index in [1.807, 2.05) is 0 Å². The highest BCUT2D eigenvalue weighted by Gasteiger charge is 2.16. The van der Waals surface area contributed by atoms with Crippen molar-refractivity contribution >= 4 is 10.0 Å². The minimum Gasteiger partial charge on any atom is -0.508 e. The van der Waals surface area contributed by atoms with Crippen molar-refractivity contribution in [3.63, 3.8) is 0 Å². The number of phenols is 1. The highest BCUT2D eigenvalue weighted by molar-refractivity contribution is 7.89. The average Bonchev–Trinajstić information content (AvgIpc) is 2.76. The Morgan fingerprint density at radius 3 is 2.72 bits per heavy atom. The summed E-state index contributed by atoms with van der Waals surface area (Å²) in [4.78, 5) is 0.0976. The van der Waals surface area contributed by atoms with Gasteiger partial charge in [-0.3, -0.25) is 4.68 Å². The lowest BCUT2D eigenvalue weighted by Crippen LogP contribution is -2.22. The van der Waals surface area contributed by atoms with E-state index in [2.05, 4.69) is 9.82 Å². The molecule has 1 aromatic carbocycles. The van der Waals surface area contributed by atoms with Crippen molar-refractivity contribution in [2.75, 3.05) is 0 Å². The number of hydrogen-bond donors (Lipinski definition) is 2. The highest BCUT2D eigenvalue weighted by atomic mass is 32.2. The van der Waals surface area contributed by atoms with Gasteiger partial charge in [-0.05, 0) is 6.07 Å². The van der Waals surface area contributed by atoms with Crippen LogP contribution in [0.5, 0.6) is 5.75 Å². The van der Waals surface area contributed by atoms with Gasteiger partial charge in [0.15, 0.2) is 0 Å². The summed E-state index contributed by atoms with van der Waals surface area (Å²) in [7, 11) is -1.96. The van der Waals surface area contributed by atoms with Crippen molar-refractivity contribution in [1.82, 2.24) is 14.5 Å². The number of sulfonamides is 1. The second-order valence-corrected chi connectivity index (χ2v) is 5.57. The predicted molar refractivity (Wildman–Crippen MR) is 65.3 cm³/mol. The second kappa shape index (κ2) is 4.79. The Balaban J connectivity index is 2.13. The van der Waals surface area contributed by atoms with Crippen LogP contribution in [0.15, 0.2) is 41.6 Å². The van der Waals surface area contributed by atoms with E-state index in [4.69, 9.17) is 0 Å². The first kappa shape index (κ1) is 12.6. The molecule has 0 amide bonds. The maximum Gasteiger partial charge on any atom is 0.243 e. The van der Waals surface area contributed by atoms with Gasteiger partial charge in [0.1, 0.15) is 10.6 Å². The number of nitrogens with one attached hydrogen (secondary N) is 1. The Morgan fingerprint density at radius 1 is 1.39 bits per heavy atom. The molecule has 0 saturated carbocycles. The molecule has 0 atom stereocenters. The quantitative estimate of drug-likeness (QED) is 0.849. The molecule has 0 bridgehead atoms. The van der Waals surface area contributed by atoms with Crippen LogP contribution in [-0.4, -0.2) is 23.3 Å². The highest BCUT2D eigenvalue weighted by Crippen LogP contribution is 2.16. The minimum atomic E-state index is -3.60. The summed E-state index contributed by atoms with van der Waals surface area (Å²) in [6, 6.07) is 6.57. The molecular weight excluding hydrogens is 254 g/mol. The standard InChI is InChI=1S/C11H13N3O3S/c1-14-8-10(7-12-14)18(16,17)13-6-9-4-2-3-5-11(9)15/h2-5,7-8,13,15H,6H2,1H3. The van der Waals surface area contributed by atoms with Gasteiger partial charge in [-0.25, -0.2) is 13.1 Å². The fourth-order valence-corrected chi connectivity index (χ4v) is 2.44. The van der Waals surface area contributed by atoms with Crippen LogP contribution in [0, 0.1) is 0 Å². The SMILES string of the molecule is Cn1cc(S(=O)(=O)NCc2ccccc2O)cn1. The van der Waals surface area contributed by atoms with Crippen LogP contribution in [0.1, 0.15) is 5.56 Å². The maximum absolute atomic E-state index is 11.9. The van der Waals surface area contributed by atoms with Crippen LogP contribution in [0.4, 0.5) is 0 Å². The minimum absolute atomic E-state index is 0.0316. The first-order valence-corrected chi connectivity index (χ1v) is 6.72. The van der Waals surface area contributed by atoms with Crippen molar-refractivity contribution in [2.45, 2.75) is 11.4 Å². The Morgan fingerprint density at radius 2 is 2.11 bits per heavy atom. The van der Waals surface area contributed by atoms with Gasteiger partial charge in [0, 0.05) is 25.4 Å². The number of para-hydroxylation sites is 1. The number of aromatic hydroxyl groups is 1. The lowest BCUT2D eigenvalue weighted by atomic mass is 10.2. The molecule has 6 nitrogen and oxygen atoms in total. The molecule has 1 heterocycles. The van der Waals surface area contributed by atoms with Crippen molar-refractivity contribution < 1.29 is 13.5 Å². The molecule has 18 heavy (non-hydrogen) atoms. The molecule has 0 aliphatic carbocycles. The van der Waals surface area contributed by atoms with Crippen LogP contribution < -0.4 is 4.72 Å². The molecule has 0 saturated heterocycles. The van der Waals surface area contributed by atoms with Gasteiger partial charge in [0.2, 0.25) is 10.0 Å². The molecule has 0 aliphatic heterocycles. The zero-order chi connectivity index (χ0) is 13.2. The first-order valence-electron chi connectivity index (χ1n) is 5.24. The lowest BCUT2D eigenvalue weighted by molar-refractivity contribution is 0.467. The summed E-state index contributed by atoms with van der Waals surface area (Å²) in [6.45, 7) is 0.0316. The molecule has 7 heteroatoms. The van der Waals surface area contributed by atoms with Crippen LogP contribution in [-0.2, 0) is 23.6 Å². The zero-order valence-electron chi connectivity index (χ0n) is 9.74. The summed E-state index contributed by atoms with van der Waals surface area (Å²) >= 11 is 0. The van der Waals surface area contributed by atoms with Crippen LogP contribution in [0.3, 0.4) is 0 Å². The summed E-state index contributed by atoms with van der Waals surface area (Å²) < 4.78 is 27.6. The second-order valence-electron chi connectivity index (χ2n) is 3.80. The molecule has 2 rings (SSSR count). The molecular formula is C11H13N3O3S. The molecule has 2 N–H and O–H groups in total. The maximum atomic E-state index is 11.9. The third-order valence-electron chi connectivity index (χ3n) is 2.44. The monoisotopic (exact) mass is 267 g/mol. The summed E-state index contributed by atoms with van der Waals surface area (Å²) in [6.07, 6.45) is 2.68. The number of aromatic nitrogens is 2. The largest absolute Gasteiger partial charge is 0.508 e. The van der Waals surface area contributed by atoms with Crippen molar-refractivity contribution in [1.29, 1.82) is 0 Å². The number of hydrogen-bond acceptors (Lipinski definition) is 4. The Labute approximate surface area is 105 Å². The molecule has 0 radical (unpaired) electrons. The van der Waals surface area contributed by atoms with E-state index < -0.39 is 10.0 Å². The Bertz CT molecular complexity index is 649. The van der Waals surface area contributed by atoms with Gasteiger partial charge in [0.05, 0.1) is 6.20 Å². The molecule has 96 valence electrons. The molecule has 0 spiro atoms. The van der Waals surface area contributed by atoms with E-state index >= 15 is 0 Å². The first-order chi connectivity index (χ1) is 8.49. The van der Waals surface area contributed by atoms with E-state index in [1.54, 1.807) is 25.2 Å². The van der Waals surface area contributed by atoms with E-state index in [1.165, 1.54) is 23.1 Å². The van der Waals surface area contributed by atoms with E-state index in [9.17, 15) is 13.5 Å². The van der Waals surface area contributed by atoms with E-state index in [0.717, 1.165) is 0 Å². The fraction of sp³-hybridized carbons (Fsp3) is 0.182. The normalized spacial score (nSPS) is 11.6. The molecule has 2 aromatic rings. The van der Waals surface area contributed by atoms with Gasteiger partial charge in [0.25, 0.3) is 0 Å². The van der Waals surface area contributed by atoms with E-state index in [-0.39, 0.29) is 17.2 Å². The number of phenolic OH excluding ortho intramolecular Hbond substituents is 1. The fourth-order valence-electron chi connectivity index (χ4n) is 1.45. The van der Waals surface area contributed by atoms with Crippen molar-refractivity contribution in [2.24, 2.45) is 7.05 Å². The van der Waals surface area contributed by atoms with Gasteiger partial charge < -0.3 is 5.11 Å². The van der Waals surface area contributed by atoms with Crippen LogP contribution in [0.2, 0.25) is 0 Å². The number of aryl methyl sites for hydroxylation is 1. The zero-order valence-corrected chi connectivity index (χ0v) is 10.6. The van der Waals surface area contributed by atoms with Crippen LogP contribution in [0.25, 0.3) is 0 Å². The van der Waals surface area contributed by atoms with Gasteiger partial charge in [-0.15, -0.1) is 0 Å². The number of benzene rings is 1. The van der Waals surface area contributed by atoms with Crippen LogP contribution >= 0.6 is 0 Å². The summed E-state index contributed by atoms with van der Waals surface area (Å²) in [5, 5.41) is 13.3. The number of rotatable bonds is 4. The molecule has 1 aromatic heterocycles. The molecule has 0 fully saturated rings. The Hall–Kier alpha value is -1.86. The van der Waals surface area contributed by atoms with Gasteiger partial charge in [-0.2, -0.15) is 5.10 Å². The smallest absolute Gasteiger partial charge is 0.243 e. The molecule has 0 unspecified atom stereocenters. The Kier molecular flexibility index (Phi) is 3.35. The predicted octanol–water partition coefficient (Wildman–Crippen LogP) is 0.604. The van der Waals surface area contributed by atoms with Crippen molar-refractivity contribution in [3.8, 4) is 5.75 Å².